The molecule has 3 aromatic rings. The van der Waals surface area contributed by atoms with Gasteiger partial charge in [-0.15, -0.1) is 10.2 Å². The second-order valence-electron chi connectivity index (χ2n) is 7.20. The number of carbonyl (C=O) groups is 1. The number of nitrogens with one attached hydrogen (secondary N) is 2. The Morgan fingerprint density at radius 3 is 2.61 bits per heavy atom. The van der Waals surface area contributed by atoms with Crippen LogP contribution >= 0.6 is 0 Å². The molecule has 3 rings (SSSR count). The first kappa shape index (κ1) is 19.9. The van der Waals surface area contributed by atoms with E-state index >= 15 is 0 Å². The molecule has 2 N–H and O–H groups in total. The fraction of sp³-hybridized carbons (Fsp3) is 0.474. The summed E-state index contributed by atoms with van der Waals surface area (Å²) in [4.78, 5) is 16.0. The van der Waals surface area contributed by atoms with Crippen molar-refractivity contribution in [2.75, 3.05) is 18.4 Å². The number of benzene rings is 1. The minimum Gasteiger partial charge on any atom is -0.367 e. The molecule has 0 saturated heterocycles. The van der Waals surface area contributed by atoms with Crippen LogP contribution in [0.15, 0.2) is 12.1 Å². The summed E-state index contributed by atoms with van der Waals surface area (Å²) in [6.07, 6.45) is 2.14. The van der Waals surface area contributed by atoms with Gasteiger partial charge in [-0.05, 0) is 25.7 Å². The Labute approximate surface area is 161 Å². The van der Waals surface area contributed by atoms with Gasteiger partial charge in [0, 0.05) is 31.6 Å². The first-order valence-electron chi connectivity index (χ1n) is 9.38. The largest absolute Gasteiger partial charge is 0.367 e. The first-order chi connectivity index (χ1) is 13.4. The summed E-state index contributed by atoms with van der Waals surface area (Å²) in [5, 5.41) is 14.2. The molecule has 2 aromatic heterocycles. The Morgan fingerprint density at radius 2 is 1.86 bits per heavy atom. The summed E-state index contributed by atoms with van der Waals surface area (Å²) >= 11 is 0. The number of rotatable bonds is 8. The molecule has 7 nitrogen and oxygen atoms in total. The Kier molecular flexibility index (Phi) is 6.01. The Hall–Kier alpha value is -2.84. The molecule has 0 radical (unpaired) electrons. The van der Waals surface area contributed by atoms with E-state index in [0.717, 1.165) is 25.0 Å². The van der Waals surface area contributed by atoms with Crippen LogP contribution in [0.1, 0.15) is 38.9 Å². The third kappa shape index (κ3) is 4.35. The van der Waals surface area contributed by atoms with E-state index in [9.17, 15) is 13.6 Å². The summed E-state index contributed by atoms with van der Waals surface area (Å²) in [6.45, 7) is 6.97. The number of anilines is 1. The second-order valence-corrected chi connectivity index (χ2v) is 7.20. The second kappa shape index (κ2) is 8.45. The molecular formula is C19H24F2N6O. The van der Waals surface area contributed by atoms with Crippen molar-refractivity contribution in [2.24, 2.45) is 5.92 Å². The van der Waals surface area contributed by atoms with Crippen LogP contribution in [0.5, 0.6) is 0 Å². The molecule has 1 amide bonds. The van der Waals surface area contributed by atoms with Gasteiger partial charge in [0.05, 0.1) is 11.0 Å². The Balaban J connectivity index is 1.66. The van der Waals surface area contributed by atoms with Crippen molar-refractivity contribution in [3.05, 3.63) is 29.6 Å². The molecule has 0 aliphatic rings. The van der Waals surface area contributed by atoms with Gasteiger partial charge in [-0.2, -0.15) is 0 Å². The number of hydrogen-bond donors (Lipinski definition) is 2. The zero-order valence-corrected chi connectivity index (χ0v) is 16.2. The topological polar surface area (TPSA) is 84.2 Å². The van der Waals surface area contributed by atoms with Crippen molar-refractivity contribution >= 4 is 28.4 Å². The van der Waals surface area contributed by atoms with Crippen molar-refractivity contribution in [1.29, 1.82) is 0 Å². The zero-order valence-electron chi connectivity index (χ0n) is 16.2. The lowest BCUT2D eigenvalue weighted by atomic mass is 10.1. The summed E-state index contributed by atoms with van der Waals surface area (Å²) in [5.41, 5.74) is 1.19. The van der Waals surface area contributed by atoms with Gasteiger partial charge in [-0.1, -0.05) is 13.8 Å². The number of hydrogen-bond acceptors (Lipinski definition) is 5. The summed E-state index contributed by atoms with van der Waals surface area (Å²) in [6, 6.07) is 2.17. The van der Waals surface area contributed by atoms with Crippen molar-refractivity contribution < 1.29 is 13.6 Å². The van der Waals surface area contributed by atoms with Crippen LogP contribution in [0.4, 0.5) is 14.6 Å². The van der Waals surface area contributed by atoms with Crippen molar-refractivity contribution in [1.82, 2.24) is 24.9 Å². The van der Waals surface area contributed by atoms with E-state index in [1.54, 1.807) is 11.3 Å². The molecule has 9 heteroatoms. The van der Waals surface area contributed by atoms with Crippen LogP contribution in [0, 0.1) is 24.5 Å². The van der Waals surface area contributed by atoms with E-state index in [-0.39, 0.29) is 5.91 Å². The molecule has 2 heterocycles. The number of nitrogens with zero attached hydrogens (tertiary/aromatic N) is 4. The summed E-state index contributed by atoms with van der Waals surface area (Å²) in [5.74, 6) is -0.466. The lowest BCUT2D eigenvalue weighted by molar-refractivity contribution is -0.121. The molecule has 0 fully saturated rings. The van der Waals surface area contributed by atoms with E-state index < -0.39 is 11.6 Å². The third-order valence-electron chi connectivity index (χ3n) is 4.34. The number of halogens is 2. The molecule has 0 unspecified atom stereocenters. The van der Waals surface area contributed by atoms with E-state index in [4.69, 9.17) is 0 Å². The van der Waals surface area contributed by atoms with Gasteiger partial charge >= 0.3 is 0 Å². The van der Waals surface area contributed by atoms with Gasteiger partial charge in [0.1, 0.15) is 5.82 Å². The van der Waals surface area contributed by atoms with Crippen LogP contribution in [0.3, 0.4) is 0 Å². The molecular weight excluding hydrogens is 366 g/mol. The predicted molar refractivity (Wildman–Crippen MR) is 103 cm³/mol. The molecule has 0 spiro atoms. The average molecular weight is 390 g/mol. The number of aromatic nitrogens is 4. The minimum atomic E-state index is -0.951. The van der Waals surface area contributed by atoms with E-state index in [1.807, 2.05) is 13.8 Å². The minimum absolute atomic E-state index is 0.0639. The smallest absolute Gasteiger partial charge is 0.220 e. The fourth-order valence-electron chi connectivity index (χ4n) is 3.02. The van der Waals surface area contributed by atoms with Gasteiger partial charge in [-0.3, -0.25) is 9.20 Å². The van der Waals surface area contributed by atoms with Crippen LogP contribution in [-0.2, 0) is 4.79 Å². The van der Waals surface area contributed by atoms with E-state index in [0.29, 0.717) is 53.8 Å². The van der Waals surface area contributed by atoms with E-state index in [2.05, 4.69) is 25.8 Å². The van der Waals surface area contributed by atoms with Gasteiger partial charge < -0.3 is 10.6 Å². The molecule has 0 atom stereocenters. The normalized spacial score (nSPS) is 11.5. The zero-order chi connectivity index (χ0) is 20.3. The highest BCUT2D eigenvalue weighted by molar-refractivity contribution is 5.83. The molecule has 0 aliphatic heterocycles. The predicted octanol–water partition coefficient (Wildman–Crippen LogP) is 3.22. The number of carbonyl (C=O) groups excluding carboxylic acids is 1. The lowest BCUT2D eigenvalue weighted by Gasteiger charge is -2.10. The molecule has 0 bridgehead atoms. The number of unbranched alkanes of at least 4 members (excludes halogenated alkanes) is 1. The summed E-state index contributed by atoms with van der Waals surface area (Å²) < 4.78 is 28.9. The number of aryl methyl sites for hydroxylation is 1. The molecule has 0 aliphatic carbocycles. The fourth-order valence-corrected chi connectivity index (χ4v) is 3.02. The maximum absolute atomic E-state index is 13.7. The van der Waals surface area contributed by atoms with Gasteiger partial charge in [0.25, 0.3) is 0 Å². The van der Waals surface area contributed by atoms with E-state index in [1.165, 1.54) is 0 Å². The van der Waals surface area contributed by atoms with Crippen molar-refractivity contribution in [2.45, 2.75) is 40.0 Å². The average Bonchev–Trinajstić information content (AvgIpc) is 3.01. The van der Waals surface area contributed by atoms with Crippen LogP contribution < -0.4 is 10.6 Å². The monoisotopic (exact) mass is 390 g/mol. The standard InChI is InChI=1S/C19H24F2N6O/c1-11(2)8-17(28)22-6-4-5-7-23-18-19-26-25-12(3)27(19)16-10-14(21)13(20)9-15(16)24-18/h9-11H,4-8H2,1-3H3,(H,22,28)(H,23,24). The maximum atomic E-state index is 13.7. The summed E-state index contributed by atoms with van der Waals surface area (Å²) in [7, 11) is 0. The highest BCUT2D eigenvalue weighted by Crippen LogP contribution is 2.23. The Morgan fingerprint density at radius 1 is 1.14 bits per heavy atom. The third-order valence-corrected chi connectivity index (χ3v) is 4.34. The lowest BCUT2D eigenvalue weighted by Crippen LogP contribution is -2.25. The highest BCUT2D eigenvalue weighted by Gasteiger charge is 2.15. The number of fused-ring (bicyclic) bond motifs is 3. The first-order valence-corrected chi connectivity index (χ1v) is 9.38. The molecule has 150 valence electrons. The SMILES string of the molecule is Cc1nnc2c(NCCCCNC(=O)CC(C)C)nc3cc(F)c(F)cc3n12. The quantitative estimate of drug-likeness (QED) is 0.577. The number of amides is 1. The molecule has 1 aromatic carbocycles. The maximum Gasteiger partial charge on any atom is 0.220 e. The van der Waals surface area contributed by atoms with Crippen LogP contribution in [0.2, 0.25) is 0 Å². The van der Waals surface area contributed by atoms with Crippen molar-refractivity contribution in [3.8, 4) is 0 Å². The highest BCUT2D eigenvalue weighted by atomic mass is 19.2. The molecule has 0 saturated carbocycles. The van der Waals surface area contributed by atoms with Crippen LogP contribution in [0.25, 0.3) is 16.7 Å². The van der Waals surface area contributed by atoms with Crippen molar-refractivity contribution in [3.63, 3.8) is 0 Å². The molecule has 28 heavy (non-hydrogen) atoms. The Bertz CT molecular complexity index is 1000. The van der Waals surface area contributed by atoms with Gasteiger partial charge in [0.2, 0.25) is 11.6 Å². The van der Waals surface area contributed by atoms with Crippen LogP contribution in [-0.4, -0.2) is 38.6 Å². The van der Waals surface area contributed by atoms with Gasteiger partial charge in [-0.25, -0.2) is 13.8 Å². The van der Waals surface area contributed by atoms with Gasteiger partial charge in [0.15, 0.2) is 17.5 Å².